The number of benzene rings is 1. The summed E-state index contributed by atoms with van der Waals surface area (Å²) in [6.07, 6.45) is 1.11. The first-order valence-electron chi connectivity index (χ1n) is 4.58. The summed E-state index contributed by atoms with van der Waals surface area (Å²) in [6.45, 7) is 0.518. The Morgan fingerprint density at radius 2 is 2.27 bits per heavy atom. The molecule has 82 valence electrons. The van der Waals surface area contributed by atoms with Crippen molar-refractivity contribution in [3.8, 4) is 0 Å². The number of nitrogens with one attached hydrogen (secondary N) is 1. The molecule has 5 heteroatoms. The lowest BCUT2D eigenvalue weighted by atomic mass is 10.2. The molecular weight excluding hydrogens is 279 g/mol. The maximum atomic E-state index is 11.4. The van der Waals surface area contributed by atoms with Crippen molar-refractivity contribution in [1.29, 1.82) is 0 Å². The Balaban J connectivity index is 2.63. The maximum absolute atomic E-state index is 11.4. The number of halogens is 2. The molecule has 0 aliphatic carbocycles. The van der Waals surface area contributed by atoms with Crippen LogP contribution in [0.1, 0.15) is 12.8 Å². The summed E-state index contributed by atoms with van der Waals surface area (Å²) in [6, 6.07) is 5.24. The molecule has 1 aromatic carbocycles. The number of carbonyl (C=O) groups excluding carboxylic acids is 1. The molecule has 1 rings (SSSR count). The van der Waals surface area contributed by atoms with Crippen LogP contribution in [0.5, 0.6) is 0 Å². The van der Waals surface area contributed by atoms with Gasteiger partial charge in [0.15, 0.2) is 0 Å². The molecule has 0 fully saturated rings. The molecule has 0 unspecified atom stereocenters. The minimum absolute atomic E-state index is 0.0524. The molecule has 0 aliphatic heterocycles. The average molecular weight is 292 g/mol. The van der Waals surface area contributed by atoms with Crippen LogP contribution in [0.25, 0.3) is 0 Å². The predicted molar refractivity (Wildman–Crippen MR) is 66.1 cm³/mol. The van der Waals surface area contributed by atoms with Crippen LogP contribution in [0.15, 0.2) is 22.7 Å². The highest BCUT2D eigenvalue weighted by Crippen LogP contribution is 2.25. The normalized spacial score (nSPS) is 10.1. The van der Waals surface area contributed by atoms with Crippen molar-refractivity contribution in [2.75, 3.05) is 11.9 Å². The van der Waals surface area contributed by atoms with Crippen LogP contribution in [-0.2, 0) is 4.79 Å². The number of hydrogen-bond acceptors (Lipinski definition) is 2. The van der Waals surface area contributed by atoms with Crippen molar-refractivity contribution < 1.29 is 4.79 Å². The van der Waals surface area contributed by atoms with Gasteiger partial charge in [0, 0.05) is 15.9 Å². The quantitative estimate of drug-likeness (QED) is 0.896. The molecule has 3 nitrogen and oxygen atoms in total. The highest BCUT2D eigenvalue weighted by Gasteiger charge is 2.05. The van der Waals surface area contributed by atoms with Crippen LogP contribution >= 0.6 is 27.5 Å². The summed E-state index contributed by atoms with van der Waals surface area (Å²) < 4.78 is 0.813. The number of amides is 1. The smallest absolute Gasteiger partial charge is 0.224 e. The molecule has 0 aliphatic rings. The van der Waals surface area contributed by atoms with E-state index in [4.69, 9.17) is 17.3 Å². The van der Waals surface area contributed by atoms with E-state index < -0.39 is 0 Å². The number of carbonyl (C=O) groups is 1. The van der Waals surface area contributed by atoms with Gasteiger partial charge in [0.05, 0.1) is 5.69 Å². The van der Waals surface area contributed by atoms with Crippen LogP contribution in [0.3, 0.4) is 0 Å². The Kier molecular flexibility index (Phi) is 5.08. The highest BCUT2D eigenvalue weighted by molar-refractivity contribution is 9.10. The van der Waals surface area contributed by atoms with E-state index >= 15 is 0 Å². The third-order valence-electron chi connectivity index (χ3n) is 1.81. The first-order valence-corrected chi connectivity index (χ1v) is 5.75. The fraction of sp³-hybridized carbons (Fsp3) is 0.300. The van der Waals surface area contributed by atoms with E-state index in [2.05, 4.69) is 21.2 Å². The molecule has 0 atom stereocenters. The summed E-state index contributed by atoms with van der Waals surface area (Å²) in [7, 11) is 0. The number of anilines is 1. The first kappa shape index (κ1) is 12.5. The molecule has 3 N–H and O–H groups in total. The third-order valence-corrected chi connectivity index (χ3v) is 2.74. The van der Waals surface area contributed by atoms with Crippen molar-refractivity contribution in [3.05, 3.63) is 27.7 Å². The molecule has 0 aromatic heterocycles. The second kappa shape index (κ2) is 6.10. The fourth-order valence-electron chi connectivity index (χ4n) is 1.07. The van der Waals surface area contributed by atoms with Gasteiger partial charge in [0.25, 0.3) is 0 Å². The largest absolute Gasteiger partial charge is 0.330 e. The van der Waals surface area contributed by atoms with Gasteiger partial charge >= 0.3 is 0 Å². The van der Waals surface area contributed by atoms with E-state index in [-0.39, 0.29) is 5.91 Å². The van der Waals surface area contributed by atoms with E-state index in [0.717, 1.165) is 4.47 Å². The summed E-state index contributed by atoms with van der Waals surface area (Å²) in [5, 5.41) is 3.35. The topological polar surface area (TPSA) is 55.1 Å². The van der Waals surface area contributed by atoms with Gasteiger partial charge in [0.1, 0.15) is 0 Å². The lowest BCUT2D eigenvalue weighted by Crippen LogP contribution is -2.13. The summed E-state index contributed by atoms with van der Waals surface area (Å²) in [5.41, 5.74) is 6.00. The summed E-state index contributed by atoms with van der Waals surface area (Å²) >= 11 is 9.14. The molecular formula is C10H12BrClN2O. The summed E-state index contributed by atoms with van der Waals surface area (Å²) in [5.74, 6) is -0.0524. The molecule has 1 aromatic rings. The Labute approximate surface area is 102 Å². The minimum atomic E-state index is -0.0524. The van der Waals surface area contributed by atoms with Crippen molar-refractivity contribution in [2.24, 2.45) is 5.73 Å². The van der Waals surface area contributed by atoms with Gasteiger partial charge in [-0.25, -0.2) is 0 Å². The van der Waals surface area contributed by atoms with Gasteiger partial charge in [-0.3, -0.25) is 4.79 Å². The number of rotatable bonds is 4. The Bertz CT molecular complexity index is 357. The zero-order valence-corrected chi connectivity index (χ0v) is 10.4. The monoisotopic (exact) mass is 290 g/mol. The molecule has 0 saturated heterocycles. The van der Waals surface area contributed by atoms with Gasteiger partial charge in [-0.15, -0.1) is 0 Å². The molecule has 0 radical (unpaired) electrons. The lowest BCUT2D eigenvalue weighted by Gasteiger charge is -2.07. The first-order chi connectivity index (χ1) is 7.13. The van der Waals surface area contributed by atoms with E-state index in [0.29, 0.717) is 30.1 Å². The van der Waals surface area contributed by atoms with Gasteiger partial charge in [0.2, 0.25) is 5.91 Å². The SMILES string of the molecule is NCCCC(=O)Nc1cc(Cl)ccc1Br. The van der Waals surface area contributed by atoms with E-state index in [1.807, 2.05) is 0 Å². The Morgan fingerprint density at radius 3 is 2.93 bits per heavy atom. The minimum Gasteiger partial charge on any atom is -0.330 e. The number of nitrogens with two attached hydrogens (primary N) is 1. The van der Waals surface area contributed by atoms with Crippen LogP contribution in [0, 0.1) is 0 Å². The third kappa shape index (κ3) is 4.20. The van der Waals surface area contributed by atoms with E-state index in [9.17, 15) is 4.79 Å². The van der Waals surface area contributed by atoms with Gasteiger partial charge in [-0.1, -0.05) is 11.6 Å². The second-order valence-electron chi connectivity index (χ2n) is 3.06. The molecule has 0 bridgehead atoms. The highest BCUT2D eigenvalue weighted by atomic mass is 79.9. The standard InChI is InChI=1S/C10H12BrClN2O/c11-8-4-3-7(12)6-9(8)14-10(15)2-1-5-13/h3-4,6H,1-2,5,13H2,(H,14,15). The Hall–Kier alpha value is -0.580. The van der Waals surface area contributed by atoms with Gasteiger partial charge < -0.3 is 11.1 Å². The van der Waals surface area contributed by atoms with Crippen molar-refractivity contribution >= 4 is 39.1 Å². The predicted octanol–water partition coefficient (Wildman–Crippen LogP) is 2.78. The van der Waals surface area contributed by atoms with Crippen LogP contribution in [0.4, 0.5) is 5.69 Å². The van der Waals surface area contributed by atoms with Crippen LogP contribution in [0.2, 0.25) is 5.02 Å². The van der Waals surface area contributed by atoms with Crippen LogP contribution in [-0.4, -0.2) is 12.5 Å². The average Bonchev–Trinajstić information content (AvgIpc) is 2.20. The Morgan fingerprint density at radius 1 is 1.53 bits per heavy atom. The van der Waals surface area contributed by atoms with Gasteiger partial charge in [-0.2, -0.15) is 0 Å². The number of hydrogen-bond donors (Lipinski definition) is 2. The molecule has 15 heavy (non-hydrogen) atoms. The second-order valence-corrected chi connectivity index (χ2v) is 4.36. The lowest BCUT2D eigenvalue weighted by molar-refractivity contribution is -0.116. The summed E-state index contributed by atoms with van der Waals surface area (Å²) in [4.78, 5) is 11.4. The van der Waals surface area contributed by atoms with Gasteiger partial charge in [-0.05, 0) is 47.1 Å². The maximum Gasteiger partial charge on any atom is 0.224 e. The molecule has 0 heterocycles. The molecule has 1 amide bonds. The molecule has 0 saturated carbocycles. The zero-order valence-electron chi connectivity index (χ0n) is 8.09. The van der Waals surface area contributed by atoms with Crippen molar-refractivity contribution in [3.63, 3.8) is 0 Å². The van der Waals surface area contributed by atoms with E-state index in [1.165, 1.54) is 0 Å². The zero-order chi connectivity index (χ0) is 11.3. The van der Waals surface area contributed by atoms with Crippen molar-refractivity contribution in [1.82, 2.24) is 0 Å². The van der Waals surface area contributed by atoms with Crippen LogP contribution < -0.4 is 11.1 Å². The fourth-order valence-corrected chi connectivity index (χ4v) is 1.59. The van der Waals surface area contributed by atoms with Crippen molar-refractivity contribution in [2.45, 2.75) is 12.8 Å². The molecule has 0 spiro atoms. The van der Waals surface area contributed by atoms with E-state index in [1.54, 1.807) is 18.2 Å².